The average molecular weight is 428 g/mol. The molecule has 0 bridgehead atoms. The van der Waals surface area contributed by atoms with Crippen molar-refractivity contribution in [2.45, 2.75) is 44.9 Å². The van der Waals surface area contributed by atoms with Crippen LogP contribution in [0.5, 0.6) is 5.75 Å². The van der Waals surface area contributed by atoms with Gasteiger partial charge in [0.15, 0.2) is 11.8 Å². The van der Waals surface area contributed by atoms with Crippen LogP contribution in [0.3, 0.4) is 0 Å². The van der Waals surface area contributed by atoms with Gasteiger partial charge < -0.3 is 29.6 Å². The van der Waals surface area contributed by atoms with Crippen molar-refractivity contribution >= 4 is 11.6 Å². The van der Waals surface area contributed by atoms with Crippen LogP contribution in [0.4, 0.5) is 5.69 Å². The maximum Gasteiger partial charge on any atom is 0.192 e. The summed E-state index contributed by atoms with van der Waals surface area (Å²) >= 11 is 0. The average Bonchev–Trinajstić information content (AvgIpc) is 3.54. The van der Waals surface area contributed by atoms with Gasteiger partial charge in [0.05, 0.1) is 18.9 Å². The number of rotatable bonds is 7. The number of guanidine groups is 1. The Kier molecular flexibility index (Phi) is 6.91. The molecule has 2 aromatic rings. The molecular weight excluding hydrogens is 394 g/mol. The molecule has 9 nitrogen and oxygen atoms in total. The molecule has 2 fully saturated rings. The van der Waals surface area contributed by atoms with Crippen molar-refractivity contribution in [3.05, 3.63) is 35.9 Å². The molecule has 4 rings (SSSR count). The Morgan fingerprint density at radius 3 is 2.90 bits per heavy atom. The third-order valence-electron chi connectivity index (χ3n) is 6.04. The molecule has 0 amide bonds. The summed E-state index contributed by atoms with van der Waals surface area (Å²) in [5.74, 6) is 3.43. The van der Waals surface area contributed by atoms with Crippen molar-refractivity contribution in [1.29, 1.82) is 0 Å². The van der Waals surface area contributed by atoms with E-state index in [1.54, 1.807) is 7.11 Å². The van der Waals surface area contributed by atoms with Gasteiger partial charge in [-0.3, -0.25) is 0 Å². The lowest BCUT2D eigenvalue weighted by Gasteiger charge is -2.22. The summed E-state index contributed by atoms with van der Waals surface area (Å²) in [5.41, 5.74) is 1.13. The molecule has 2 aliphatic rings. The van der Waals surface area contributed by atoms with Crippen molar-refractivity contribution in [2.24, 2.45) is 12.0 Å². The topological polar surface area (TPSA) is 88.8 Å². The zero-order valence-corrected chi connectivity index (χ0v) is 18.7. The highest BCUT2D eigenvalue weighted by atomic mass is 16.5. The first kappa shape index (κ1) is 21.4. The Balaban J connectivity index is 1.41. The fourth-order valence-corrected chi connectivity index (χ4v) is 4.09. The van der Waals surface area contributed by atoms with E-state index in [1.807, 2.05) is 30.7 Å². The summed E-state index contributed by atoms with van der Waals surface area (Å²) in [5, 5.41) is 15.5. The number of aliphatic imine (C=N–C) groups is 1. The van der Waals surface area contributed by atoms with Crippen LogP contribution < -0.4 is 20.3 Å². The zero-order valence-electron chi connectivity index (χ0n) is 18.7. The van der Waals surface area contributed by atoms with Gasteiger partial charge in [-0.25, -0.2) is 4.99 Å². The fourth-order valence-electron chi connectivity index (χ4n) is 4.09. The summed E-state index contributed by atoms with van der Waals surface area (Å²) in [6.07, 6.45) is 3.49. The monoisotopic (exact) mass is 427 g/mol. The van der Waals surface area contributed by atoms with Gasteiger partial charge in [-0.05, 0) is 38.3 Å². The Morgan fingerprint density at radius 1 is 1.29 bits per heavy atom. The molecule has 31 heavy (non-hydrogen) atoms. The van der Waals surface area contributed by atoms with Crippen LogP contribution in [-0.2, 0) is 18.3 Å². The second-order valence-corrected chi connectivity index (χ2v) is 8.15. The molecule has 2 aliphatic heterocycles. The van der Waals surface area contributed by atoms with E-state index < -0.39 is 0 Å². The maximum absolute atomic E-state index is 5.77. The van der Waals surface area contributed by atoms with Crippen molar-refractivity contribution < 1.29 is 9.47 Å². The van der Waals surface area contributed by atoms with Gasteiger partial charge in [-0.2, -0.15) is 0 Å². The van der Waals surface area contributed by atoms with Gasteiger partial charge >= 0.3 is 0 Å². The quantitative estimate of drug-likeness (QED) is 0.513. The highest BCUT2D eigenvalue weighted by Gasteiger charge is 2.26. The van der Waals surface area contributed by atoms with Crippen molar-refractivity contribution in [1.82, 2.24) is 25.4 Å². The van der Waals surface area contributed by atoms with E-state index in [0.29, 0.717) is 12.6 Å². The number of ether oxygens (including phenoxy) is 2. The molecule has 2 N–H and O–H groups in total. The summed E-state index contributed by atoms with van der Waals surface area (Å²) < 4.78 is 13.3. The first-order chi connectivity index (χ1) is 15.1. The molecule has 168 valence electrons. The molecule has 0 spiro atoms. The number of anilines is 1. The summed E-state index contributed by atoms with van der Waals surface area (Å²) in [7, 11) is 3.69. The fraction of sp³-hybridized carbons (Fsp3) is 0.591. The van der Waals surface area contributed by atoms with Crippen LogP contribution in [0.25, 0.3) is 0 Å². The van der Waals surface area contributed by atoms with Crippen LogP contribution in [0.1, 0.15) is 30.9 Å². The normalized spacial score (nSPS) is 21.5. The third kappa shape index (κ3) is 5.28. The van der Waals surface area contributed by atoms with E-state index in [9.17, 15) is 0 Å². The molecule has 0 aliphatic carbocycles. The first-order valence-electron chi connectivity index (χ1n) is 11.0. The Hall–Kier alpha value is -2.81. The van der Waals surface area contributed by atoms with Crippen LogP contribution >= 0.6 is 0 Å². The van der Waals surface area contributed by atoms with Crippen molar-refractivity contribution in [2.75, 3.05) is 38.3 Å². The molecule has 0 saturated carbocycles. The van der Waals surface area contributed by atoms with E-state index in [0.717, 1.165) is 74.5 Å². The number of nitrogens with one attached hydrogen (secondary N) is 2. The number of benzene rings is 1. The van der Waals surface area contributed by atoms with E-state index >= 15 is 0 Å². The molecular formula is C22H33N7O2. The van der Waals surface area contributed by atoms with Gasteiger partial charge in [0.25, 0.3) is 0 Å². The van der Waals surface area contributed by atoms with Gasteiger partial charge in [0.2, 0.25) is 0 Å². The lowest BCUT2D eigenvalue weighted by atomic mass is 10.2. The lowest BCUT2D eigenvalue weighted by molar-refractivity contribution is 0.113. The molecule has 9 heteroatoms. The standard InChI is InChI=1S/C22H33N7O2/c1-16-26-27-21(28(16)2)14-24-22(23-13-18-7-6-12-31-18)25-17-10-11-29(15-17)19-8-4-5-9-20(19)30-3/h4-5,8-9,17-18H,6-7,10-15H2,1-3H3,(H2,23,24,25). The molecule has 3 heterocycles. The molecule has 0 radical (unpaired) electrons. The van der Waals surface area contributed by atoms with Gasteiger partial charge in [0, 0.05) is 39.3 Å². The molecule has 2 saturated heterocycles. The minimum atomic E-state index is 0.248. The van der Waals surface area contributed by atoms with Gasteiger partial charge in [0.1, 0.15) is 18.1 Å². The van der Waals surface area contributed by atoms with Crippen molar-refractivity contribution in [3.63, 3.8) is 0 Å². The number of nitrogens with zero attached hydrogens (tertiary/aromatic N) is 5. The highest BCUT2D eigenvalue weighted by molar-refractivity contribution is 5.80. The van der Waals surface area contributed by atoms with E-state index in [1.165, 1.54) is 0 Å². The number of aryl methyl sites for hydroxylation is 1. The largest absolute Gasteiger partial charge is 0.495 e. The van der Waals surface area contributed by atoms with Gasteiger partial charge in [-0.1, -0.05) is 12.1 Å². The Morgan fingerprint density at radius 2 is 2.16 bits per heavy atom. The summed E-state index contributed by atoms with van der Waals surface area (Å²) in [6.45, 7) is 5.89. The van der Waals surface area contributed by atoms with Crippen LogP contribution in [-0.4, -0.2) is 66.2 Å². The van der Waals surface area contributed by atoms with Crippen LogP contribution in [0, 0.1) is 6.92 Å². The van der Waals surface area contributed by atoms with E-state index in [-0.39, 0.29) is 6.10 Å². The number of para-hydroxylation sites is 2. The van der Waals surface area contributed by atoms with Crippen LogP contribution in [0.2, 0.25) is 0 Å². The summed E-state index contributed by atoms with van der Waals surface area (Å²) in [4.78, 5) is 7.16. The number of hydrogen-bond acceptors (Lipinski definition) is 6. The zero-order chi connectivity index (χ0) is 21.6. The predicted molar refractivity (Wildman–Crippen MR) is 121 cm³/mol. The molecule has 2 atom stereocenters. The predicted octanol–water partition coefficient (Wildman–Crippen LogP) is 1.63. The third-order valence-corrected chi connectivity index (χ3v) is 6.04. The molecule has 1 aromatic carbocycles. The molecule has 1 aromatic heterocycles. The Labute approximate surface area is 183 Å². The minimum Gasteiger partial charge on any atom is -0.495 e. The first-order valence-corrected chi connectivity index (χ1v) is 11.0. The van der Waals surface area contributed by atoms with Crippen LogP contribution in [0.15, 0.2) is 29.3 Å². The SMILES string of the molecule is COc1ccccc1N1CCC(NC(=NCc2nnc(C)n2C)NCC2CCCO2)C1. The number of hydrogen-bond donors (Lipinski definition) is 2. The Bertz CT molecular complexity index is 892. The smallest absolute Gasteiger partial charge is 0.192 e. The second-order valence-electron chi connectivity index (χ2n) is 8.15. The summed E-state index contributed by atoms with van der Waals surface area (Å²) in [6, 6.07) is 8.47. The van der Waals surface area contributed by atoms with Gasteiger partial charge in [-0.15, -0.1) is 10.2 Å². The lowest BCUT2D eigenvalue weighted by Crippen LogP contribution is -2.46. The number of aromatic nitrogens is 3. The van der Waals surface area contributed by atoms with Crippen molar-refractivity contribution in [3.8, 4) is 5.75 Å². The van der Waals surface area contributed by atoms with E-state index in [2.05, 4.69) is 37.9 Å². The maximum atomic E-state index is 5.77. The van der Waals surface area contributed by atoms with E-state index in [4.69, 9.17) is 14.5 Å². The second kappa shape index (κ2) is 10.00. The molecule has 2 unspecified atom stereocenters. The minimum absolute atomic E-state index is 0.248. The highest BCUT2D eigenvalue weighted by Crippen LogP contribution is 2.30. The number of methoxy groups -OCH3 is 1.